The zero-order chi connectivity index (χ0) is 13.8. The van der Waals surface area contributed by atoms with Crippen molar-refractivity contribution in [3.63, 3.8) is 0 Å². The lowest BCUT2D eigenvalue weighted by molar-refractivity contribution is -0.124. The maximum atomic E-state index is 11.8. The van der Waals surface area contributed by atoms with Gasteiger partial charge in [0.15, 0.2) is 0 Å². The number of aromatic nitrogens is 1. The van der Waals surface area contributed by atoms with E-state index in [1.165, 1.54) is 19.4 Å². The van der Waals surface area contributed by atoms with Crippen LogP contribution in [0.3, 0.4) is 0 Å². The van der Waals surface area contributed by atoms with Crippen LogP contribution in [0, 0.1) is 0 Å². The molecule has 2 heterocycles. The highest BCUT2D eigenvalue weighted by Crippen LogP contribution is 2.20. The summed E-state index contributed by atoms with van der Waals surface area (Å²) >= 11 is 3.20. The van der Waals surface area contributed by atoms with E-state index in [0.717, 1.165) is 6.42 Å². The van der Waals surface area contributed by atoms with Gasteiger partial charge in [-0.05, 0) is 34.8 Å². The number of anilines is 1. The van der Waals surface area contributed by atoms with Crippen LogP contribution in [0.1, 0.15) is 23.2 Å². The summed E-state index contributed by atoms with van der Waals surface area (Å²) in [6.45, 7) is 0.596. The second-order valence-corrected chi connectivity index (χ2v) is 4.89. The van der Waals surface area contributed by atoms with Crippen molar-refractivity contribution < 1.29 is 19.1 Å². The first-order valence-electron chi connectivity index (χ1n) is 5.78. The molecule has 1 fully saturated rings. The third-order valence-corrected chi connectivity index (χ3v) is 3.37. The number of hydrogen-bond donors (Lipinski definition) is 1. The van der Waals surface area contributed by atoms with Gasteiger partial charge in [0.25, 0.3) is 5.91 Å². The van der Waals surface area contributed by atoms with E-state index in [-0.39, 0.29) is 5.91 Å². The molecule has 0 spiro atoms. The maximum Gasteiger partial charge on any atom is 0.339 e. The fourth-order valence-electron chi connectivity index (χ4n) is 1.76. The molecule has 1 amide bonds. The van der Waals surface area contributed by atoms with Crippen LogP contribution in [0.4, 0.5) is 5.82 Å². The second-order valence-electron chi connectivity index (χ2n) is 4.03. The summed E-state index contributed by atoms with van der Waals surface area (Å²) in [7, 11) is 1.29. The van der Waals surface area contributed by atoms with E-state index >= 15 is 0 Å². The van der Waals surface area contributed by atoms with E-state index in [0.29, 0.717) is 28.9 Å². The monoisotopic (exact) mass is 328 g/mol. The molecule has 19 heavy (non-hydrogen) atoms. The molecule has 0 saturated carbocycles. The summed E-state index contributed by atoms with van der Waals surface area (Å²) in [6.07, 6.45) is 2.58. The highest BCUT2D eigenvalue weighted by molar-refractivity contribution is 9.10. The molecule has 1 aromatic heterocycles. The van der Waals surface area contributed by atoms with Gasteiger partial charge in [0.2, 0.25) is 0 Å². The molecule has 102 valence electrons. The average Bonchev–Trinajstić information content (AvgIpc) is 2.94. The molecule has 7 heteroatoms. The third-order valence-electron chi connectivity index (χ3n) is 2.73. The summed E-state index contributed by atoms with van der Waals surface area (Å²) in [4.78, 5) is 27.4. The van der Waals surface area contributed by atoms with Gasteiger partial charge in [-0.1, -0.05) is 0 Å². The number of carbonyl (C=O) groups excluding carboxylic acids is 2. The molecular formula is C12H13BrN2O4. The molecule has 2 rings (SSSR count). The van der Waals surface area contributed by atoms with Crippen molar-refractivity contribution in [3.05, 3.63) is 22.3 Å². The summed E-state index contributed by atoms with van der Waals surface area (Å²) in [5.41, 5.74) is 0.306. The molecule has 0 aliphatic carbocycles. The number of carbonyl (C=O) groups is 2. The summed E-state index contributed by atoms with van der Waals surface area (Å²) in [5.74, 6) is -0.450. The zero-order valence-electron chi connectivity index (χ0n) is 10.3. The van der Waals surface area contributed by atoms with Crippen LogP contribution < -0.4 is 5.32 Å². The van der Waals surface area contributed by atoms with Gasteiger partial charge >= 0.3 is 5.97 Å². The topological polar surface area (TPSA) is 77.5 Å². The lowest BCUT2D eigenvalue weighted by atomic mass is 10.2. The number of halogens is 1. The van der Waals surface area contributed by atoms with Crippen LogP contribution in [0.25, 0.3) is 0 Å². The van der Waals surface area contributed by atoms with Crippen molar-refractivity contribution in [2.24, 2.45) is 0 Å². The Hall–Kier alpha value is -1.47. The van der Waals surface area contributed by atoms with E-state index in [2.05, 4.69) is 31.0 Å². The van der Waals surface area contributed by atoms with Crippen LogP contribution in [-0.2, 0) is 14.3 Å². The van der Waals surface area contributed by atoms with Crippen molar-refractivity contribution >= 4 is 33.6 Å². The number of ether oxygens (including phenoxy) is 2. The lowest BCUT2D eigenvalue weighted by Crippen LogP contribution is -2.27. The van der Waals surface area contributed by atoms with E-state index < -0.39 is 12.1 Å². The summed E-state index contributed by atoms with van der Waals surface area (Å²) in [5, 5.41) is 2.63. The SMILES string of the molecule is COC(=O)c1cc(NC(=O)C2CCCO2)ncc1Br. The van der Waals surface area contributed by atoms with Crippen LogP contribution in [0.2, 0.25) is 0 Å². The molecule has 1 aliphatic rings. The van der Waals surface area contributed by atoms with Gasteiger partial charge in [-0.3, -0.25) is 4.79 Å². The number of nitrogens with zero attached hydrogens (tertiary/aromatic N) is 1. The Bertz CT molecular complexity index is 501. The van der Waals surface area contributed by atoms with Crippen LogP contribution >= 0.6 is 15.9 Å². The number of pyridine rings is 1. The average molecular weight is 329 g/mol. The number of esters is 1. The van der Waals surface area contributed by atoms with Gasteiger partial charge in [0.1, 0.15) is 11.9 Å². The van der Waals surface area contributed by atoms with Crippen molar-refractivity contribution in [1.82, 2.24) is 4.98 Å². The van der Waals surface area contributed by atoms with Gasteiger partial charge in [0, 0.05) is 12.8 Å². The minimum absolute atomic E-state index is 0.247. The fraction of sp³-hybridized carbons (Fsp3) is 0.417. The van der Waals surface area contributed by atoms with Crippen molar-refractivity contribution in [2.75, 3.05) is 19.0 Å². The van der Waals surface area contributed by atoms with Gasteiger partial charge in [-0.15, -0.1) is 0 Å². The molecule has 1 aromatic rings. The Morgan fingerprint density at radius 2 is 2.37 bits per heavy atom. The zero-order valence-corrected chi connectivity index (χ0v) is 11.9. The second kappa shape index (κ2) is 6.12. The number of hydrogen-bond acceptors (Lipinski definition) is 5. The summed E-state index contributed by atoms with van der Waals surface area (Å²) in [6, 6.07) is 1.46. The smallest absolute Gasteiger partial charge is 0.339 e. The Kier molecular flexibility index (Phi) is 4.49. The first kappa shape index (κ1) is 14.0. The van der Waals surface area contributed by atoms with E-state index in [9.17, 15) is 9.59 Å². The maximum absolute atomic E-state index is 11.8. The predicted molar refractivity (Wildman–Crippen MR) is 70.9 cm³/mol. The highest BCUT2D eigenvalue weighted by Gasteiger charge is 2.24. The van der Waals surface area contributed by atoms with Crippen LogP contribution in [0.5, 0.6) is 0 Å². The first-order chi connectivity index (χ1) is 9.11. The lowest BCUT2D eigenvalue weighted by Gasteiger charge is -2.10. The molecular weight excluding hydrogens is 316 g/mol. The van der Waals surface area contributed by atoms with Gasteiger partial charge in [-0.2, -0.15) is 0 Å². The molecule has 6 nitrogen and oxygen atoms in total. The highest BCUT2D eigenvalue weighted by atomic mass is 79.9. The van der Waals surface area contributed by atoms with Crippen molar-refractivity contribution in [2.45, 2.75) is 18.9 Å². The molecule has 1 aliphatic heterocycles. The summed E-state index contributed by atoms with van der Waals surface area (Å²) < 4.78 is 10.4. The van der Waals surface area contributed by atoms with Gasteiger partial charge in [0.05, 0.1) is 17.1 Å². The number of nitrogens with one attached hydrogen (secondary N) is 1. The number of methoxy groups -OCH3 is 1. The molecule has 0 radical (unpaired) electrons. The Labute approximate surface area is 118 Å². The van der Waals surface area contributed by atoms with Crippen molar-refractivity contribution in [1.29, 1.82) is 0 Å². The van der Waals surface area contributed by atoms with Gasteiger partial charge in [-0.25, -0.2) is 9.78 Å². The number of rotatable bonds is 3. The minimum Gasteiger partial charge on any atom is -0.465 e. The fourth-order valence-corrected chi connectivity index (χ4v) is 2.14. The first-order valence-corrected chi connectivity index (χ1v) is 6.57. The molecule has 0 bridgehead atoms. The van der Waals surface area contributed by atoms with Crippen molar-refractivity contribution in [3.8, 4) is 0 Å². The predicted octanol–water partition coefficient (Wildman–Crippen LogP) is 1.75. The Balaban J connectivity index is 2.12. The van der Waals surface area contributed by atoms with E-state index in [1.807, 2.05) is 0 Å². The molecule has 1 saturated heterocycles. The molecule has 1 N–H and O–H groups in total. The van der Waals surface area contributed by atoms with E-state index in [1.54, 1.807) is 0 Å². The molecule has 1 atom stereocenters. The third kappa shape index (κ3) is 3.30. The number of amides is 1. The van der Waals surface area contributed by atoms with Crippen LogP contribution in [-0.4, -0.2) is 36.7 Å². The van der Waals surface area contributed by atoms with E-state index in [4.69, 9.17) is 4.74 Å². The quantitative estimate of drug-likeness (QED) is 0.855. The molecule has 0 aromatic carbocycles. The standard InChI is InChI=1S/C12H13BrN2O4/c1-18-12(17)7-5-10(14-6-8(7)13)15-11(16)9-3-2-4-19-9/h5-6,9H,2-4H2,1H3,(H,14,15,16). The Morgan fingerprint density at radius 1 is 1.58 bits per heavy atom. The van der Waals surface area contributed by atoms with Crippen LogP contribution in [0.15, 0.2) is 16.7 Å². The van der Waals surface area contributed by atoms with Gasteiger partial charge < -0.3 is 14.8 Å². The normalized spacial score (nSPS) is 18.1. The molecule has 1 unspecified atom stereocenters. The minimum atomic E-state index is -0.498. The Morgan fingerprint density at radius 3 is 3.00 bits per heavy atom. The largest absolute Gasteiger partial charge is 0.465 e.